The number of hydrogen-bond acceptors (Lipinski definition) is 3. The molecule has 1 fully saturated rings. The van der Waals surface area contributed by atoms with Crippen molar-refractivity contribution in [2.24, 2.45) is 0 Å². The average Bonchev–Trinajstić information content (AvgIpc) is 2.32. The molecule has 1 heterocycles. The summed E-state index contributed by atoms with van der Waals surface area (Å²) in [5.41, 5.74) is 0. The number of hydrogen-bond donors (Lipinski definition) is 2. The largest absolute Gasteiger partial charge is 0.389 e. The summed E-state index contributed by atoms with van der Waals surface area (Å²) in [6.45, 7) is 4.48. The summed E-state index contributed by atoms with van der Waals surface area (Å²) in [6.07, 6.45) is 2.59. The molecule has 12 heavy (non-hydrogen) atoms. The Bertz CT molecular complexity index is 120. The fourth-order valence-electron chi connectivity index (χ4n) is 1.61. The molecular weight excluding hydrogens is 154 g/mol. The third-order valence-electron chi connectivity index (χ3n) is 2.41. The van der Waals surface area contributed by atoms with Gasteiger partial charge in [-0.05, 0) is 13.0 Å². The topological polar surface area (TPSA) is 43.7 Å². The van der Waals surface area contributed by atoms with Crippen LogP contribution in [-0.4, -0.2) is 47.0 Å². The summed E-state index contributed by atoms with van der Waals surface area (Å²) in [7, 11) is 0. The van der Waals surface area contributed by atoms with Gasteiger partial charge in [0, 0.05) is 13.1 Å². The number of β-amino-alcohol motifs (C(OH)–C–C–N with tert-alkyl or cyclic N) is 2. The van der Waals surface area contributed by atoms with Crippen LogP contribution in [0.25, 0.3) is 0 Å². The summed E-state index contributed by atoms with van der Waals surface area (Å²) in [6, 6.07) is 0. The van der Waals surface area contributed by atoms with Crippen LogP contribution in [-0.2, 0) is 0 Å². The maximum Gasteiger partial charge on any atom is 0.0938 e. The lowest BCUT2D eigenvalue weighted by molar-refractivity contribution is 0.0572. The smallest absolute Gasteiger partial charge is 0.0938 e. The predicted octanol–water partition coefficient (Wildman–Crippen LogP) is 0.214. The molecule has 3 heteroatoms. The first-order valence-corrected chi connectivity index (χ1v) is 4.82. The van der Waals surface area contributed by atoms with Crippen molar-refractivity contribution in [1.82, 2.24) is 4.90 Å². The zero-order valence-corrected chi connectivity index (χ0v) is 7.74. The van der Waals surface area contributed by atoms with Crippen LogP contribution in [0.15, 0.2) is 0 Å². The SMILES string of the molecule is CCCCCN1CC(O)C(O)C1. The minimum absolute atomic E-state index is 0.522. The van der Waals surface area contributed by atoms with E-state index in [4.69, 9.17) is 0 Å². The lowest BCUT2D eigenvalue weighted by Crippen LogP contribution is -2.23. The Labute approximate surface area is 74.0 Å². The highest BCUT2D eigenvalue weighted by Crippen LogP contribution is 2.10. The third-order valence-corrected chi connectivity index (χ3v) is 2.41. The van der Waals surface area contributed by atoms with Crippen LogP contribution in [0.5, 0.6) is 0 Å². The van der Waals surface area contributed by atoms with E-state index in [9.17, 15) is 10.2 Å². The lowest BCUT2D eigenvalue weighted by Gasteiger charge is -2.13. The van der Waals surface area contributed by atoms with E-state index in [0.29, 0.717) is 13.1 Å². The van der Waals surface area contributed by atoms with E-state index >= 15 is 0 Å². The number of likely N-dealkylation sites (tertiary alicyclic amines) is 1. The monoisotopic (exact) mass is 173 g/mol. The van der Waals surface area contributed by atoms with Gasteiger partial charge in [0.15, 0.2) is 0 Å². The van der Waals surface area contributed by atoms with Gasteiger partial charge in [-0.15, -0.1) is 0 Å². The van der Waals surface area contributed by atoms with Gasteiger partial charge < -0.3 is 10.2 Å². The minimum Gasteiger partial charge on any atom is -0.389 e. The first kappa shape index (κ1) is 9.96. The molecule has 0 aromatic rings. The van der Waals surface area contributed by atoms with Gasteiger partial charge >= 0.3 is 0 Å². The van der Waals surface area contributed by atoms with Crippen molar-refractivity contribution in [3.05, 3.63) is 0 Å². The highest BCUT2D eigenvalue weighted by Gasteiger charge is 2.28. The number of aliphatic hydroxyl groups is 2. The summed E-state index contributed by atoms with van der Waals surface area (Å²) in [4.78, 5) is 2.13. The van der Waals surface area contributed by atoms with Crippen LogP contribution in [0.3, 0.4) is 0 Å². The maximum absolute atomic E-state index is 9.23. The van der Waals surface area contributed by atoms with Gasteiger partial charge in [-0.25, -0.2) is 0 Å². The van der Waals surface area contributed by atoms with E-state index in [-0.39, 0.29) is 0 Å². The molecule has 2 unspecified atom stereocenters. The lowest BCUT2D eigenvalue weighted by atomic mass is 10.2. The van der Waals surface area contributed by atoms with Crippen LogP contribution in [0, 0.1) is 0 Å². The molecule has 0 spiro atoms. The standard InChI is InChI=1S/C9H19NO2/c1-2-3-4-5-10-6-8(11)9(12)7-10/h8-9,11-12H,2-7H2,1H3. The summed E-state index contributed by atoms with van der Waals surface area (Å²) in [5.74, 6) is 0. The second-order valence-electron chi connectivity index (χ2n) is 3.60. The number of unbranched alkanes of at least 4 members (excludes halogenated alkanes) is 2. The molecule has 0 aromatic carbocycles. The van der Waals surface area contributed by atoms with Crippen molar-refractivity contribution in [2.45, 2.75) is 38.4 Å². The van der Waals surface area contributed by atoms with E-state index in [1.807, 2.05) is 0 Å². The quantitative estimate of drug-likeness (QED) is 0.597. The predicted molar refractivity (Wildman–Crippen MR) is 48.0 cm³/mol. The molecule has 1 saturated heterocycles. The zero-order chi connectivity index (χ0) is 8.97. The van der Waals surface area contributed by atoms with E-state index in [0.717, 1.165) is 6.54 Å². The average molecular weight is 173 g/mol. The number of rotatable bonds is 4. The van der Waals surface area contributed by atoms with Gasteiger partial charge in [0.1, 0.15) is 0 Å². The Morgan fingerprint density at radius 3 is 2.25 bits per heavy atom. The van der Waals surface area contributed by atoms with Crippen LogP contribution in [0.1, 0.15) is 26.2 Å². The molecule has 0 aromatic heterocycles. The molecule has 1 aliphatic rings. The minimum atomic E-state index is -0.522. The van der Waals surface area contributed by atoms with Crippen LogP contribution in [0.2, 0.25) is 0 Å². The van der Waals surface area contributed by atoms with Gasteiger partial charge in [-0.2, -0.15) is 0 Å². The highest BCUT2D eigenvalue weighted by atomic mass is 16.3. The van der Waals surface area contributed by atoms with Crippen molar-refractivity contribution >= 4 is 0 Å². The number of nitrogens with zero attached hydrogens (tertiary/aromatic N) is 1. The molecule has 0 saturated carbocycles. The molecule has 2 N–H and O–H groups in total. The molecule has 1 aliphatic heterocycles. The number of aliphatic hydroxyl groups excluding tert-OH is 2. The van der Waals surface area contributed by atoms with E-state index in [1.54, 1.807) is 0 Å². The van der Waals surface area contributed by atoms with Crippen molar-refractivity contribution in [3.63, 3.8) is 0 Å². The second kappa shape index (κ2) is 4.80. The second-order valence-corrected chi connectivity index (χ2v) is 3.60. The Morgan fingerprint density at radius 1 is 1.17 bits per heavy atom. The molecule has 2 atom stereocenters. The first-order chi connectivity index (χ1) is 5.74. The molecule has 0 amide bonds. The van der Waals surface area contributed by atoms with Gasteiger partial charge in [-0.3, -0.25) is 4.90 Å². The molecule has 0 bridgehead atoms. The normalized spacial score (nSPS) is 31.2. The Morgan fingerprint density at radius 2 is 1.75 bits per heavy atom. The third kappa shape index (κ3) is 2.73. The van der Waals surface area contributed by atoms with E-state index in [2.05, 4.69) is 11.8 Å². The van der Waals surface area contributed by atoms with Crippen molar-refractivity contribution < 1.29 is 10.2 Å². The van der Waals surface area contributed by atoms with Crippen molar-refractivity contribution in [1.29, 1.82) is 0 Å². The molecule has 0 aliphatic carbocycles. The van der Waals surface area contributed by atoms with Gasteiger partial charge in [0.2, 0.25) is 0 Å². The molecule has 3 nitrogen and oxygen atoms in total. The van der Waals surface area contributed by atoms with Gasteiger partial charge in [0.25, 0.3) is 0 Å². The van der Waals surface area contributed by atoms with Gasteiger partial charge in [0.05, 0.1) is 12.2 Å². The Kier molecular flexibility index (Phi) is 3.98. The molecular formula is C9H19NO2. The zero-order valence-electron chi connectivity index (χ0n) is 7.74. The van der Waals surface area contributed by atoms with Crippen molar-refractivity contribution in [3.8, 4) is 0 Å². The molecule has 1 rings (SSSR count). The Hall–Kier alpha value is -0.120. The first-order valence-electron chi connectivity index (χ1n) is 4.82. The van der Waals surface area contributed by atoms with E-state index in [1.165, 1.54) is 19.3 Å². The highest BCUT2D eigenvalue weighted by molar-refractivity contribution is 4.82. The fourth-order valence-corrected chi connectivity index (χ4v) is 1.61. The summed E-state index contributed by atoms with van der Waals surface area (Å²) in [5, 5.41) is 18.5. The van der Waals surface area contributed by atoms with Crippen LogP contribution in [0.4, 0.5) is 0 Å². The Balaban J connectivity index is 2.10. The van der Waals surface area contributed by atoms with Crippen molar-refractivity contribution in [2.75, 3.05) is 19.6 Å². The molecule has 72 valence electrons. The van der Waals surface area contributed by atoms with E-state index < -0.39 is 12.2 Å². The van der Waals surface area contributed by atoms with Crippen LogP contribution >= 0.6 is 0 Å². The molecule has 0 radical (unpaired) electrons. The summed E-state index contributed by atoms with van der Waals surface area (Å²) < 4.78 is 0. The summed E-state index contributed by atoms with van der Waals surface area (Å²) >= 11 is 0. The van der Waals surface area contributed by atoms with Gasteiger partial charge in [-0.1, -0.05) is 19.8 Å². The maximum atomic E-state index is 9.23. The fraction of sp³-hybridized carbons (Fsp3) is 1.00. The van der Waals surface area contributed by atoms with Crippen LogP contribution < -0.4 is 0 Å².